The normalized spacial score (nSPS) is 15.6. The minimum atomic E-state index is -3.37. The van der Waals surface area contributed by atoms with Gasteiger partial charge in [-0.2, -0.15) is 0 Å². The zero-order valence-corrected chi connectivity index (χ0v) is 12.5. The molecule has 1 fully saturated rings. The number of anilines is 1. The van der Waals surface area contributed by atoms with E-state index in [9.17, 15) is 18.0 Å². The van der Waals surface area contributed by atoms with Gasteiger partial charge in [0.1, 0.15) is 5.78 Å². The van der Waals surface area contributed by atoms with Gasteiger partial charge in [-0.15, -0.1) is 0 Å². The molecule has 0 aliphatic heterocycles. The van der Waals surface area contributed by atoms with Crippen LogP contribution in [0.2, 0.25) is 0 Å². The van der Waals surface area contributed by atoms with Gasteiger partial charge in [0, 0.05) is 25.6 Å². The third-order valence-corrected chi connectivity index (χ3v) is 5.05. The van der Waals surface area contributed by atoms with E-state index in [1.54, 1.807) is 0 Å². The van der Waals surface area contributed by atoms with Crippen molar-refractivity contribution >= 4 is 27.2 Å². The van der Waals surface area contributed by atoms with Crippen LogP contribution >= 0.6 is 0 Å². The summed E-state index contributed by atoms with van der Waals surface area (Å²) >= 11 is 0. The number of carbonyl (C=O) groups excluding carboxylic acids is 2. The molecule has 0 atom stereocenters. The second kappa shape index (κ2) is 6.36. The predicted molar refractivity (Wildman–Crippen MR) is 76.7 cm³/mol. The zero-order chi connectivity index (χ0) is 15.5. The average Bonchev–Trinajstić information content (AvgIpc) is 2.42. The van der Waals surface area contributed by atoms with Gasteiger partial charge in [0.05, 0.1) is 23.2 Å². The van der Waals surface area contributed by atoms with Crippen molar-refractivity contribution in [2.24, 2.45) is 5.92 Å². The van der Waals surface area contributed by atoms with Crippen molar-refractivity contribution in [1.29, 1.82) is 0 Å². The van der Waals surface area contributed by atoms with Crippen LogP contribution in [0.25, 0.3) is 0 Å². The first kappa shape index (κ1) is 15.7. The van der Waals surface area contributed by atoms with E-state index < -0.39 is 9.84 Å². The average molecular weight is 311 g/mol. The molecule has 1 amide bonds. The van der Waals surface area contributed by atoms with E-state index in [-0.39, 0.29) is 47.7 Å². The lowest BCUT2D eigenvalue weighted by Crippen LogP contribution is -2.34. The summed E-state index contributed by atoms with van der Waals surface area (Å²) in [5.74, 6) is -0.457. The monoisotopic (exact) mass is 311 g/mol. The number of methoxy groups -OCH3 is 1. The molecule has 114 valence electrons. The molecular weight excluding hydrogens is 294 g/mol. The smallest absolute Gasteiger partial charge is 0.228 e. The highest BCUT2D eigenvalue weighted by atomic mass is 32.2. The number of hydrogen-bond donors (Lipinski definition) is 1. The van der Waals surface area contributed by atoms with Gasteiger partial charge in [-0.25, -0.2) is 8.42 Å². The van der Waals surface area contributed by atoms with E-state index >= 15 is 0 Å². The summed E-state index contributed by atoms with van der Waals surface area (Å²) in [5.41, 5.74) is 0.519. The number of sulfone groups is 1. The number of hydrogen-bond acceptors (Lipinski definition) is 5. The first-order chi connectivity index (χ1) is 9.92. The summed E-state index contributed by atoms with van der Waals surface area (Å²) in [7, 11) is -1.92. The lowest BCUT2D eigenvalue weighted by molar-refractivity contribution is -0.135. The van der Waals surface area contributed by atoms with Gasteiger partial charge in [-0.3, -0.25) is 9.59 Å². The summed E-state index contributed by atoms with van der Waals surface area (Å²) in [5, 5.41) is 2.68. The molecule has 0 radical (unpaired) electrons. The molecule has 1 aromatic carbocycles. The minimum Gasteiger partial charge on any atom is -0.384 e. The summed E-state index contributed by atoms with van der Waals surface area (Å²) in [6, 6.07) is 5.98. The first-order valence-electron chi connectivity index (χ1n) is 6.56. The van der Waals surface area contributed by atoms with Gasteiger partial charge in [-0.1, -0.05) is 0 Å². The summed E-state index contributed by atoms with van der Waals surface area (Å²) in [4.78, 5) is 22.8. The van der Waals surface area contributed by atoms with Crippen LogP contribution in [0.4, 0.5) is 5.69 Å². The van der Waals surface area contributed by atoms with Crippen molar-refractivity contribution in [2.45, 2.75) is 17.7 Å². The molecule has 1 aromatic rings. The quantitative estimate of drug-likeness (QED) is 0.847. The Bertz CT molecular complexity index is 628. The largest absolute Gasteiger partial charge is 0.384 e. The molecule has 1 N–H and O–H groups in total. The molecule has 7 heteroatoms. The molecule has 0 bridgehead atoms. The highest BCUT2D eigenvalue weighted by Crippen LogP contribution is 2.24. The first-order valence-corrected chi connectivity index (χ1v) is 8.22. The Labute approximate surface area is 123 Å². The third kappa shape index (κ3) is 3.89. The van der Waals surface area contributed by atoms with Gasteiger partial charge >= 0.3 is 0 Å². The fourth-order valence-corrected chi connectivity index (χ4v) is 3.15. The standard InChI is InChI=1S/C14H17NO5S/c1-20-6-7-21(18,19)13-4-2-11(3-5-13)15-14(17)10-8-12(16)9-10/h2-5,10H,6-9H2,1H3,(H,15,17). The fraction of sp³-hybridized carbons (Fsp3) is 0.429. The number of ether oxygens (including phenoxy) is 1. The Balaban J connectivity index is 1.98. The van der Waals surface area contributed by atoms with Crippen LogP contribution in [0.5, 0.6) is 0 Å². The highest BCUT2D eigenvalue weighted by Gasteiger charge is 2.32. The summed E-state index contributed by atoms with van der Waals surface area (Å²) in [6.45, 7) is 0.135. The Morgan fingerprint density at radius 3 is 2.43 bits per heavy atom. The van der Waals surface area contributed by atoms with Gasteiger partial charge in [-0.05, 0) is 24.3 Å². The molecular formula is C14H17NO5S. The number of benzene rings is 1. The van der Waals surface area contributed by atoms with E-state index in [1.165, 1.54) is 31.4 Å². The topological polar surface area (TPSA) is 89.5 Å². The fourth-order valence-electron chi connectivity index (χ4n) is 1.98. The molecule has 0 unspecified atom stereocenters. The maximum atomic E-state index is 11.9. The zero-order valence-electron chi connectivity index (χ0n) is 11.7. The Morgan fingerprint density at radius 1 is 1.29 bits per heavy atom. The second-order valence-electron chi connectivity index (χ2n) is 4.97. The Hall–Kier alpha value is -1.73. The summed E-state index contributed by atoms with van der Waals surface area (Å²) in [6.07, 6.45) is 0.574. The van der Waals surface area contributed by atoms with Gasteiger partial charge in [0.25, 0.3) is 0 Å². The maximum absolute atomic E-state index is 11.9. The molecule has 0 aromatic heterocycles. The Kier molecular flexibility index (Phi) is 4.74. The van der Waals surface area contributed by atoms with Crippen molar-refractivity contribution < 1.29 is 22.7 Å². The van der Waals surface area contributed by atoms with Crippen LogP contribution in [0.3, 0.4) is 0 Å². The number of nitrogens with one attached hydrogen (secondary N) is 1. The SMILES string of the molecule is COCCS(=O)(=O)c1ccc(NC(=O)C2CC(=O)C2)cc1. The highest BCUT2D eigenvalue weighted by molar-refractivity contribution is 7.91. The lowest BCUT2D eigenvalue weighted by atomic mass is 9.83. The maximum Gasteiger partial charge on any atom is 0.228 e. The number of ketones is 1. The Morgan fingerprint density at radius 2 is 1.90 bits per heavy atom. The molecule has 6 nitrogen and oxygen atoms in total. The number of rotatable bonds is 6. The van der Waals surface area contributed by atoms with E-state index in [1.807, 2.05) is 0 Å². The van der Waals surface area contributed by atoms with E-state index in [0.29, 0.717) is 5.69 Å². The van der Waals surface area contributed by atoms with Crippen LogP contribution in [-0.2, 0) is 24.2 Å². The minimum absolute atomic E-state index is 0.0839. The van der Waals surface area contributed by atoms with Crippen LogP contribution in [0.1, 0.15) is 12.8 Å². The number of carbonyl (C=O) groups is 2. The molecule has 21 heavy (non-hydrogen) atoms. The van der Waals surface area contributed by atoms with E-state index in [2.05, 4.69) is 5.32 Å². The van der Waals surface area contributed by atoms with Crippen LogP contribution in [-0.4, -0.2) is 39.6 Å². The summed E-state index contributed by atoms with van der Waals surface area (Å²) < 4.78 is 28.6. The lowest BCUT2D eigenvalue weighted by Gasteiger charge is -2.22. The van der Waals surface area contributed by atoms with Crippen molar-refractivity contribution in [2.75, 3.05) is 24.8 Å². The molecule has 2 rings (SSSR count). The van der Waals surface area contributed by atoms with Gasteiger partial charge in [0.15, 0.2) is 9.84 Å². The molecule has 0 saturated heterocycles. The third-order valence-electron chi connectivity index (χ3n) is 3.36. The van der Waals surface area contributed by atoms with Gasteiger partial charge < -0.3 is 10.1 Å². The van der Waals surface area contributed by atoms with E-state index in [4.69, 9.17) is 4.74 Å². The van der Waals surface area contributed by atoms with Crippen LogP contribution in [0.15, 0.2) is 29.2 Å². The number of Topliss-reactive ketones (excluding diaryl/α,β-unsaturated/α-hetero) is 1. The van der Waals surface area contributed by atoms with Crippen molar-refractivity contribution in [1.82, 2.24) is 0 Å². The molecule has 0 spiro atoms. The molecule has 0 heterocycles. The van der Waals surface area contributed by atoms with Crippen LogP contribution in [0, 0.1) is 5.92 Å². The second-order valence-corrected chi connectivity index (χ2v) is 7.08. The van der Waals surface area contributed by atoms with Crippen LogP contribution < -0.4 is 5.32 Å². The van der Waals surface area contributed by atoms with Crippen molar-refractivity contribution in [3.05, 3.63) is 24.3 Å². The predicted octanol–water partition coefficient (Wildman–Crippen LogP) is 1.02. The number of amides is 1. The van der Waals surface area contributed by atoms with Gasteiger partial charge in [0.2, 0.25) is 5.91 Å². The molecule has 1 aliphatic rings. The molecule has 1 aliphatic carbocycles. The van der Waals surface area contributed by atoms with Crippen molar-refractivity contribution in [3.63, 3.8) is 0 Å². The van der Waals surface area contributed by atoms with E-state index in [0.717, 1.165) is 0 Å². The van der Waals surface area contributed by atoms with Crippen molar-refractivity contribution in [3.8, 4) is 0 Å². The molecule has 1 saturated carbocycles.